The van der Waals surface area contributed by atoms with Crippen molar-refractivity contribution in [3.63, 3.8) is 0 Å². The summed E-state index contributed by atoms with van der Waals surface area (Å²) in [6.07, 6.45) is 2.41. The number of carbonyl (C=O) groups is 1. The predicted molar refractivity (Wildman–Crippen MR) is 95.0 cm³/mol. The van der Waals surface area contributed by atoms with Crippen LogP contribution in [-0.2, 0) is 6.54 Å². The van der Waals surface area contributed by atoms with Crippen molar-refractivity contribution < 1.29 is 9.90 Å². The van der Waals surface area contributed by atoms with Crippen LogP contribution in [0.25, 0.3) is 0 Å². The Hall–Kier alpha value is -1.93. The van der Waals surface area contributed by atoms with Crippen molar-refractivity contribution in [3.8, 4) is 0 Å². The van der Waals surface area contributed by atoms with Crippen molar-refractivity contribution in [2.24, 2.45) is 5.92 Å². The third-order valence-corrected chi connectivity index (χ3v) is 5.15. The zero-order valence-corrected chi connectivity index (χ0v) is 15.0. The van der Waals surface area contributed by atoms with E-state index in [2.05, 4.69) is 9.88 Å². The Kier molecular flexibility index (Phi) is 5.39. The average molecular weight is 349 g/mol. The smallest absolute Gasteiger partial charge is 0.293 e. The van der Waals surface area contributed by atoms with E-state index in [-0.39, 0.29) is 24.0 Å². The fourth-order valence-electron chi connectivity index (χ4n) is 3.41. The van der Waals surface area contributed by atoms with Gasteiger partial charge in [-0.15, -0.1) is 0 Å². The molecule has 0 spiro atoms. The van der Waals surface area contributed by atoms with Gasteiger partial charge in [0.1, 0.15) is 5.69 Å². The molecule has 2 aliphatic rings. The van der Waals surface area contributed by atoms with Crippen LogP contribution in [0.15, 0.2) is 11.0 Å². The van der Waals surface area contributed by atoms with Crippen molar-refractivity contribution in [2.45, 2.75) is 19.9 Å². The molecule has 1 aromatic rings. The van der Waals surface area contributed by atoms with Crippen LogP contribution < -0.4 is 10.5 Å². The molecule has 0 aromatic carbocycles. The van der Waals surface area contributed by atoms with Crippen LogP contribution in [-0.4, -0.2) is 83.3 Å². The second-order valence-electron chi connectivity index (χ2n) is 6.92. The zero-order chi connectivity index (χ0) is 18.0. The number of nitrogens with zero attached hydrogens (tertiary/aromatic N) is 5. The Balaban J connectivity index is 1.88. The molecule has 1 amide bonds. The van der Waals surface area contributed by atoms with Crippen LogP contribution >= 0.6 is 0 Å². The van der Waals surface area contributed by atoms with Gasteiger partial charge >= 0.3 is 0 Å². The molecule has 1 N–H and O–H groups in total. The highest BCUT2D eigenvalue weighted by atomic mass is 16.3. The summed E-state index contributed by atoms with van der Waals surface area (Å²) in [7, 11) is 2.04. The fraction of sp³-hybridized carbons (Fsp3) is 0.706. The van der Waals surface area contributed by atoms with Gasteiger partial charge < -0.3 is 24.4 Å². The topological polar surface area (TPSA) is 81.9 Å². The highest BCUT2D eigenvalue weighted by Gasteiger charge is 2.28. The first kappa shape index (κ1) is 17.9. The van der Waals surface area contributed by atoms with E-state index in [4.69, 9.17) is 0 Å². The van der Waals surface area contributed by atoms with Gasteiger partial charge in [-0.3, -0.25) is 9.59 Å². The first-order valence-electron chi connectivity index (χ1n) is 8.98. The minimum Gasteiger partial charge on any atom is -0.396 e. The lowest BCUT2D eigenvalue weighted by molar-refractivity contribution is 0.0657. The molecule has 3 rings (SSSR count). The maximum Gasteiger partial charge on any atom is 0.293 e. The van der Waals surface area contributed by atoms with Gasteiger partial charge in [-0.05, 0) is 20.4 Å². The lowest BCUT2D eigenvalue weighted by Crippen LogP contribution is -2.47. The third-order valence-electron chi connectivity index (χ3n) is 5.15. The Morgan fingerprint density at radius 1 is 1.28 bits per heavy atom. The van der Waals surface area contributed by atoms with Gasteiger partial charge in [-0.25, -0.2) is 4.98 Å². The van der Waals surface area contributed by atoms with Crippen LogP contribution in [0.4, 0.5) is 5.82 Å². The summed E-state index contributed by atoms with van der Waals surface area (Å²) in [6.45, 7) is 6.81. The van der Waals surface area contributed by atoms with Gasteiger partial charge in [0, 0.05) is 64.5 Å². The maximum atomic E-state index is 12.8. The van der Waals surface area contributed by atoms with E-state index in [9.17, 15) is 14.7 Å². The Morgan fingerprint density at radius 2 is 2.00 bits per heavy atom. The number of aryl methyl sites for hydroxylation is 1. The van der Waals surface area contributed by atoms with Crippen LogP contribution in [0.1, 0.15) is 23.8 Å². The van der Waals surface area contributed by atoms with E-state index in [1.165, 1.54) is 0 Å². The molecule has 3 heterocycles. The fourth-order valence-corrected chi connectivity index (χ4v) is 3.41. The predicted octanol–water partition coefficient (Wildman–Crippen LogP) is -0.531. The highest BCUT2D eigenvalue weighted by molar-refractivity contribution is 5.92. The molecular weight excluding hydrogens is 322 g/mol. The molecule has 25 heavy (non-hydrogen) atoms. The molecule has 0 unspecified atom stereocenters. The largest absolute Gasteiger partial charge is 0.396 e. The van der Waals surface area contributed by atoms with E-state index in [0.717, 1.165) is 19.5 Å². The second kappa shape index (κ2) is 7.53. The number of piperazine rings is 1. The number of aliphatic hydroxyl groups is 1. The first-order valence-corrected chi connectivity index (χ1v) is 8.98. The van der Waals surface area contributed by atoms with Gasteiger partial charge in [0.05, 0.1) is 0 Å². The number of aliphatic hydroxyl groups excluding tert-OH is 1. The number of carbonyl (C=O) groups excluding carboxylic acids is 1. The van der Waals surface area contributed by atoms with E-state index in [1.807, 2.05) is 18.9 Å². The summed E-state index contributed by atoms with van der Waals surface area (Å²) in [4.78, 5) is 35.8. The number of hydrogen-bond acceptors (Lipinski definition) is 6. The summed E-state index contributed by atoms with van der Waals surface area (Å²) in [5.41, 5.74) is 0.157. The van der Waals surface area contributed by atoms with Crippen molar-refractivity contribution >= 4 is 11.7 Å². The summed E-state index contributed by atoms with van der Waals surface area (Å²) >= 11 is 0. The van der Waals surface area contributed by atoms with Crippen molar-refractivity contribution in [1.82, 2.24) is 19.4 Å². The molecule has 0 bridgehead atoms. The highest BCUT2D eigenvalue weighted by Crippen LogP contribution is 2.20. The van der Waals surface area contributed by atoms with Crippen molar-refractivity contribution in [2.75, 3.05) is 57.8 Å². The summed E-state index contributed by atoms with van der Waals surface area (Å²) in [5.74, 6) is 0.375. The van der Waals surface area contributed by atoms with Crippen LogP contribution in [0.3, 0.4) is 0 Å². The van der Waals surface area contributed by atoms with Crippen LogP contribution in [0, 0.1) is 5.92 Å². The zero-order valence-electron chi connectivity index (χ0n) is 15.0. The number of amides is 1. The SMILES string of the molecule is CCn1cc(C(=O)N2CCN(C)CC2)nc(N2CC[C@@H](CO)C2)c1=O. The number of rotatable bonds is 4. The third kappa shape index (κ3) is 3.69. The monoisotopic (exact) mass is 349 g/mol. The van der Waals surface area contributed by atoms with Gasteiger partial charge in [0.15, 0.2) is 5.82 Å². The maximum absolute atomic E-state index is 12.8. The molecule has 138 valence electrons. The van der Waals surface area contributed by atoms with Gasteiger partial charge in [-0.1, -0.05) is 0 Å². The Labute approximate surface area is 147 Å². The number of likely N-dealkylation sites (N-methyl/N-ethyl adjacent to an activating group) is 1. The van der Waals surface area contributed by atoms with E-state index in [1.54, 1.807) is 15.7 Å². The molecule has 0 aliphatic carbocycles. The Morgan fingerprint density at radius 3 is 2.60 bits per heavy atom. The molecule has 1 aromatic heterocycles. The standard InChI is InChI=1S/C17H27N5O3/c1-3-20-11-14(16(24)21-8-6-19(2)7-9-21)18-15(17(20)25)22-5-4-13(10-22)12-23/h11,13,23H,3-10,12H2,1-2H3/t13-/m1/s1. The first-order chi connectivity index (χ1) is 12.0. The molecule has 8 heteroatoms. The Bertz CT molecular complexity index is 681. The normalized spacial score (nSPS) is 21.8. The lowest BCUT2D eigenvalue weighted by Gasteiger charge is -2.32. The molecular formula is C17H27N5O3. The molecule has 2 fully saturated rings. The van der Waals surface area contributed by atoms with Crippen LogP contribution in [0.2, 0.25) is 0 Å². The number of hydrogen-bond donors (Lipinski definition) is 1. The number of anilines is 1. The van der Waals surface area contributed by atoms with Gasteiger partial charge in [-0.2, -0.15) is 0 Å². The van der Waals surface area contributed by atoms with Crippen molar-refractivity contribution in [1.29, 1.82) is 0 Å². The average Bonchev–Trinajstić information content (AvgIpc) is 3.11. The van der Waals surface area contributed by atoms with Gasteiger partial charge in [0.2, 0.25) is 0 Å². The molecule has 8 nitrogen and oxygen atoms in total. The summed E-state index contributed by atoms with van der Waals surface area (Å²) in [6, 6.07) is 0. The minimum absolute atomic E-state index is 0.110. The lowest BCUT2D eigenvalue weighted by atomic mass is 10.1. The van der Waals surface area contributed by atoms with E-state index in [0.29, 0.717) is 44.2 Å². The van der Waals surface area contributed by atoms with E-state index >= 15 is 0 Å². The second-order valence-corrected chi connectivity index (χ2v) is 6.92. The molecule has 0 radical (unpaired) electrons. The molecule has 2 saturated heterocycles. The van der Waals surface area contributed by atoms with E-state index < -0.39 is 0 Å². The molecule has 2 aliphatic heterocycles. The minimum atomic E-state index is -0.170. The van der Waals surface area contributed by atoms with Gasteiger partial charge in [0.25, 0.3) is 11.5 Å². The van der Waals surface area contributed by atoms with Crippen molar-refractivity contribution in [3.05, 3.63) is 22.2 Å². The number of aromatic nitrogens is 2. The quantitative estimate of drug-likeness (QED) is 0.787. The summed E-state index contributed by atoms with van der Waals surface area (Å²) in [5, 5.41) is 9.34. The molecule has 0 saturated carbocycles. The molecule has 1 atom stereocenters. The van der Waals surface area contributed by atoms with Crippen LogP contribution in [0.5, 0.6) is 0 Å². The summed E-state index contributed by atoms with van der Waals surface area (Å²) < 4.78 is 1.55.